The van der Waals surface area contributed by atoms with Gasteiger partial charge in [-0.1, -0.05) is 6.07 Å². The van der Waals surface area contributed by atoms with Crippen molar-refractivity contribution in [3.8, 4) is 5.75 Å². The van der Waals surface area contributed by atoms with Gasteiger partial charge in [-0.2, -0.15) is 0 Å². The summed E-state index contributed by atoms with van der Waals surface area (Å²) < 4.78 is 5.16. The molecule has 25 heavy (non-hydrogen) atoms. The fourth-order valence-electron chi connectivity index (χ4n) is 2.54. The number of nitro groups is 1. The molecular formula is C17H22N3O4S+. The van der Waals surface area contributed by atoms with Gasteiger partial charge in [-0.05, 0) is 31.4 Å². The summed E-state index contributed by atoms with van der Waals surface area (Å²) in [5.41, 5.74) is 0.345. The Hall–Kier alpha value is -2.45. The lowest BCUT2D eigenvalue weighted by atomic mass is 10.2. The summed E-state index contributed by atoms with van der Waals surface area (Å²) in [5, 5.41) is 15.7. The molecule has 1 unspecified atom stereocenters. The molecule has 1 amide bonds. The van der Waals surface area contributed by atoms with Crippen LogP contribution in [0.25, 0.3) is 0 Å². The zero-order valence-corrected chi connectivity index (χ0v) is 15.3. The van der Waals surface area contributed by atoms with Crippen LogP contribution in [-0.4, -0.2) is 30.5 Å². The first-order chi connectivity index (χ1) is 12.0. The largest absolute Gasteiger partial charge is 0.494 e. The molecule has 1 aromatic carbocycles. The Morgan fingerprint density at radius 1 is 1.44 bits per heavy atom. The monoisotopic (exact) mass is 364 g/mol. The molecule has 0 saturated carbocycles. The number of quaternary nitrogens is 1. The van der Waals surface area contributed by atoms with Crippen LogP contribution in [0.4, 0.5) is 11.4 Å². The molecule has 1 heterocycles. The van der Waals surface area contributed by atoms with Gasteiger partial charge >= 0.3 is 0 Å². The minimum atomic E-state index is -0.499. The van der Waals surface area contributed by atoms with Crippen LogP contribution in [0.15, 0.2) is 35.7 Å². The zero-order valence-electron chi connectivity index (χ0n) is 14.4. The van der Waals surface area contributed by atoms with E-state index in [1.165, 1.54) is 30.2 Å². The summed E-state index contributed by atoms with van der Waals surface area (Å²) in [6.45, 7) is 5.50. The van der Waals surface area contributed by atoms with Crippen molar-refractivity contribution in [1.82, 2.24) is 0 Å². The van der Waals surface area contributed by atoms with E-state index in [9.17, 15) is 14.9 Å². The molecule has 2 N–H and O–H groups in total. The van der Waals surface area contributed by atoms with Crippen LogP contribution in [0.3, 0.4) is 0 Å². The summed E-state index contributed by atoms with van der Waals surface area (Å²) in [4.78, 5) is 25.3. The number of nitro benzene ring substituents is 1. The third-order valence-corrected chi connectivity index (χ3v) is 4.97. The first-order valence-corrected chi connectivity index (χ1v) is 8.84. The average Bonchev–Trinajstić information content (AvgIpc) is 3.12. The van der Waals surface area contributed by atoms with Crippen molar-refractivity contribution >= 4 is 28.6 Å². The van der Waals surface area contributed by atoms with Crippen LogP contribution in [0.2, 0.25) is 0 Å². The highest BCUT2D eigenvalue weighted by atomic mass is 32.1. The van der Waals surface area contributed by atoms with Gasteiger partial charge in [0.15, 0.2) is 6.04 Å². The van der Waals surface area contributed by atoms with Crippen LogP contribution >= 0.6 is 11.3 Å². The molecule has 0 aliphatic rings. The molecule has 2 atom stereocenters. The van der Waals surface area contributed by atoms with E-state index in [4.69, 9.17) is 4.74 Å². The van der Waals surface area contributed by atoms with Crippen LogP contribution in [0, 0.1) is 10.1 Å². The van der Waals surface area contributed by atoms with Crippen LogP contribution in [0.1, 0.15) is 18.7 Å². The van der Waals surface area contributed by atoms with E-state index in [0.717, 1.165) is 18.0 Å². The third kappa shape index (κ3) is 4.77. The maximum Gasteiger partial charge on any atom is 0.282 e. The SMILES string of the molecule is CC[NH+](Cc1cccs1)[C@@H](C)C(=O)Nc1ccc([N+](=O)[O-])cc1OC. The number of carbonyl (C=O) groups is 1. The van der Waals surface area contributed by atoms with Crippen molar-refractivity contribution < 1.29 is 19.4 Å². The number of hydrogen-bond donors (Lipinski definition) is 2. The molecule has 2 aromatic rings. The van der Waals surface area contributed by atoms with Gasteiger partial charge in [0.25, 0.3) is 11.6 Å². The Balaban J connectivity index is 2.10. The topological polar surface area (TPSA) is 85.9 Å². The molecule has 7 nitrogen and oxygen atoms in total. The molecule has 2 rings (SSSR count). The van der Waals surface area contributed by atoms with E-state index in [0.29, 0.717) is 5.69 Å². The lowest BCUT2D eigenvalue weighted by Crippen LogP contribution is -3.15. The van der Waals surface area contributed by atoms with Gasteiger partial charge in [0.2, 0.25) is 0 Å². The number of likely N-dealkylation sites (N-methyl/N-ethyl adjacent to an activating group) is 1. The second-order valence-electron chi connectivity index (χ2n) is 5.62. The first kappa shape index (κ1) is 18.9. The predicted octanol–water partition coefficient (Wildman–Crippen LogP) is 2.10. The predicted molar refractivity (Wildman–Crippen MR) is 97.3 cm³/mol. The van der Waals surface area contributed by atoms with Crippen molar-refractivity contribution in [3.05, 3.63) is 50.7 Å². The Morgan fingerprint density at radius 2 is 2.20 bits per heavy atom. The molecule has 0 spiro atoms. The number of nitrogens with zero attached hydrogens (tertiary/aromatic N) is 1. The number of ether oxygens (including phenoxy) is 1. The number of hydrogen-bond acceptors (Lipinski definition) is 5. The number of rotatable bonds is 8. The van der Waals surface area contributed by atoms with Gasteiger partial charge < -0.3 is 15.0 Å². The number of nitrogens with one attached hydrogen (secondary N) is 2. The third-order valence-electron chi connectivity index (χ3n) is 4.09. The Labute approximate surface area is 150 Å². The van der Waals surface area contributed by atoms with E-state index >= 15 is 0 Å². The zero-order chi connectivity index (χ0) is 18.4. The molecule has 0 fully saturated rings. The number of carbonyl (C=O) groups excluding carboxylic acids is 1. The maximum absolute atomic E-state index is 12.6. The molecule has 0 bridgehead atoms. The highest BCUT2D eigenvalue weighted by Gasteiger charge is 2.25. The maximum atomic E-state index is 12.6. The second kappa shape index (κ2) is 8.59. The number of thiophene rings is 1. The number of methoxy groups -OCH3 is 1. The summed E-state index contributed by atoms with van der Waals surface area (Å²) in [6, 6.07) is 7.93. The minimum Gasteiger partial charge on any atom is -0.494 e. The summed E-state index contributed by atoms with van der Waals surface area (Å²) in [6.07, 6.45) is 0. The van der Waals surface area contributed by atoms with Gasteiger partial charge in [-0.25, -0.2) is 0 Å². The fraction of sp³-hybridized carbons (Fsp3) is 0.353. The van der Waals surface area contributed by atoms with Crippen molar-refractivity contribution in [1.29, 1.82) is 0 Å². The molecule has 0 saturated heterocycles. The molecule has 0 aliphatic carbocycles. The minimum absolute atomic E-state index is 0.0820. The van der Waals surface area contributed by atoms with Gasteiger partial charge in [0.1, 0.15) is 12.3 Å². The van der Waals surface area contributed by atoms with E-state index in [1.54, 1.807) is 11.3 Å². The standard InChI is InChI=1S/C17H21N3O4S/c1-4-19(11-14-6-5-9-25-14)12(2)17(21)18-15-8-7-13(20(22)23)10-16(15)24-3/h5-10,12H,4,11H2,1-3H3,(H,18,21)/p+1/t12-/m0/s1. The van der Waals surface area contributed by atoms with Crippen molar-refractivity contribution in [2.75, 3.05) is 19.0 Å². The highest BCUT2D eigenvalue weighted by Crippen LogP contribution is 2.28. The Kier molecular flexibility index (Phi) is 6.49. The van der Waals surface area contributed by atoms with Gasteiger partial charge in [-0.15, -0.1) is 11.3 Å². The lowest BCUT2D eigenvalue weighted by Gasteiger charge is -2.23. The van der Waals surface area contributed by atoms with Gasteiger partial charge in [-0.3, -0.25) is 14.9 Å². The van der Waals surface area contributed by atoms with Crippen molar-refractivity contribution in [2.45, 2.75) is 26.4 Å². The number of benzene rings is 1. The van der Waals surface area contributed by atoms with Crippen LogP contribution < -0.4 is 15.0 Å². The van der Waals surface area contributed by atoms with Gasteiger partial charge in [0, 0.05) is 6.07 Å². The summed E-state index contributed by atoms with van der Waals surface area (Å²) in [5.74, 6) is 0.117. The quantitative estimate of drug-likeness (QED) is 0.555. The molecule has 1 aromatic heterocycles. The summed E-state index contributed by atoms with van der Waals surface area (Å²) >= 11 is 1.67. The average molecular weight is 364 g/mol. The van der Waals surface area contributed by atoms with Gasteiger partial charge in [0.05, 0.1) is 35.2 Å². The molecule has 134 valence electrons. The van der Waals surface area contributed by atoms with Crippen molar-refractivity contribution in [3.63, 3.8) is 0 Å². The van der Waals surface area contributed by atoms with Crippen molar-refractivity contribution in [2.24, 2.45) is 0 Å². The molecule has 0 radical (unpaired) electrons. The molecule has 0 aliphatic heterocycles. The molecule has 8 heteroatoms. The Morgan fingerprint density at radius 3 is 2.76 bits per heavy atom. The van der Waals surface area contributed by atoms with E-state index < -0.39 is 4.92 Å². The smallest absolute Gasteiger partial charge is 0.282 e. The Bertz CT molecular complexity index is 733. The highest BCUT2D eigenvalue weighted by molar-refractivity contribution is 7.09. The van der Waals surface area contributed by atoms with Crippen LogP contribution in [0.5, 0.6) is 5.75 Å². The first-order valence-electron chi connectivity index (χ1n) is 7.96. The van der Waals surface area contributed by atoms with Crippen LogP contribution in [-0.2, 0) is 11.3 Å². The second-order valence-corrected chi connectivity index (χ2v) is 6.65. The normalized spacial score (nSPS) is 13.1. The van der Waals surface area contributed by atoms with E-state index in [2.05, 4.69) is 11.4 Å². The fourth-order valence-corrected chi connectivity index (χ4v) is 3.30. The summed E-state index contributed by atoms with van der Waals surface area (Å²) in [7, 11) is 1.42. The number of non-ortho nitro benzene ring substituents is 1. The lowest BCUT2D eigenvalue weighted by molar-refractivity contribution is -0.925. The number of amides is 1. The number of anilines is 1. The van der Waals surface area contributed by atoms with E-state index in [1.807, 2.05) is 25.3 Å². The van der Waals surface area contributed by atoms with E-state index in [-0.39, 0.29) is 23.4 Å². The molecular weight excluding hydrogens is 342 g/mol.